The van der Waals surface area contributed by atoms with Crippen LogP contribution < -0.4 is 5.32 Å². The summed E-state index contributed by atoms with van der Waals surface area (Å²) in [5.74, 6) is -0.247. The summed E-state index contributed by atoms with van der Waals surface area (Å²) in [6.07, 6.45) is 1.01. The first kappa shape index (κ1) is 12.8. The van der Waals surface area contributed by atoms with Crippen molar-refractivity contribution in [3.63, 3.8) is 0 Å². The fourth-order valence-electron chi connectivity index (χ4n) is 1.88. The second-order valence-corrected chi connectivity index (χ2v) is 4.18. The van der Waals surface area contributed by atoms with Gasteiger partial charge in [-0.05, 0) is 30.7 Å². The number of benzene rings is 1. The van der Waals surface area contributed by atoms with E-state index < -0.39 is 0 Å². The zero-order chi connectivity index (χ0) is 13.0. The number of fused-ring (bicyclic) bond motifs is 1. The molecule has 4 heteroatoms. The van der Waals surface area contributed by atoms with E-state index in [4.69, 9.17) is 4.74 Å². The molecule has 1 N–H and O–H groups in total. The van der Waals surface area contributed by atoms with Crippen LogP contribution in [-0.4, -0.2) is 18.6 Å². The van der Waals surface area contributed by atoms with Crippen LogP contribution in [-0.2, 0) is 11.3 Å². The van der Waals surface area contributed by atoms with Crippen molar-refractivity contribution in [2.45, 2.75) is 20.0 Å². The Morgan fingerprint density at radius 3 is 2.89 bits per heavy atom. The Kier molecular flexibility index (Phi) is 4.10. The molecule has 0 amide bonds. The summed E-state index contributed by atoms with van der Waals surface area (Å²) >= 11 is 0. The average molecular weight is 248 g/mol. The number of nitrogens with zero attached hydrogens (tertiary/aromatic N) is 1. The molecule has 0 radical (unpaired) electrons. The molecule has 0 atom stereocenters. The lowest BCUT2D eigenvalue weighted by Crippen LogP contribution is -2.03. The highest BCUT2D eigenvalue weighted by molar-refractivity contribution is 5.91. The minimum Gasteiger partial charge on any atom is -0.384 e. The molecule has 96 valence electrons. The van der Waals surface area contributed by atoms with Crippen molar-refractivity contribution in [3.05, 3.63) is 35.8 Å². The minimum absolute atomic E-state index is 0.247. The molecule has 0 fully saturated rings. The monoisotopic (exact) mass is 248 g/mol. The zero-order valence-electron chi connectivity index (χ0n) is 10.7. The van der Waals surface area contributed by atoms with Crippen LogP contribution in [0.5, 0.6) is 0 Å². The molecule has 1 heterocycles. The molecule has 2 aromatic rings. The van der Waals surface area contributed by atoms with Crippen molar-refractivity contribution >= 4 is 16.6 Å². The Morgan fingerprint density at radius 1 is 1.33 bits per heavy atom. The first-order chi connectivity index (χ1) is 8.74. The number of anilines is 1. The molecular formula is C14H17FN2O. The minimum atomic E-state index is -0.247. The zero-order valence-corrected chi connectivity index (χ0v) is 10.7. The van der Waals surface area contributed by atoms with Gasteiger partial charge in [0.05, 0.1) is 17.8 Å². The fraction of sp³-hybridized carbons (Fsp3) is 0.357. The van der Waals surface area contributed by atoms with Gasteiger partial charge in [0.1, 0.15) is 5.82 Å². The molecule has 0 unspecified atom stereocenters. The van der Waals surface area contributed by atoms with E-state index in [0.717, 1.165) is 35.2 Å². The van der Waals surface area contributed by atoms with Crippen molar-refractivity contribution in [1.29, 1.82) is 0 Å². The van der Waals surface area contributed by atoms with Gasteiger partial charge >= 0.3 is 0 Å². The molecular weight excluding hydrogens is 231 g/mol. The molecule has 0 saturated heterocycles. The van der Waals surface area contributed by atoms with Gasteiger partial charge in [-0.25, -0.2) is 4.39 Å². The number of hydrogen-bond donors (Lipinski definition) is 1. The Bertz CT molecular complexity index is 543. The summed E-state index contributed by atoms with van der Waals surface area (Å²) in [6.45, 7) is 3.39. The summed E-state index contributed by atoms with van der Waals surface area (Å²) < 4.78 is 18.4. The van der Waals surface area contributed by atoms with Gasteiger partial charge in [0.2, 0.25) is 0 Å². The standard InChI is InChI=1S/C14H17FN2O/c1-3-6-16-14-8-11(9-18-2)17-13-5-4-10(15)7-12(13)14/h4-5,7-8H,3,6,9H2,1-2H3,(H,16,17). The van der Waals surface area contributed by atoms with Crippen LogP contribution in [0.15, 0.2) is 24.3 Å². The quantitative estimate of drug-likeness (QED) is 0.881. The maximum Gasteiger partial charge on any atom is 0.124 e. The van der Waals surface area contributed by atoms with E-state index in [-0.39, 0.29) is 5.82 Å². The maximum absolute atomic E-state index is 13.3. The van der Waals surface area contributed by atoms with E-state index in [1.54, 1.807) is 13.2 Å². The summed E-state index contributed by atoms with van der Waals surface area (Å²) in [7, 11) is 1.63. The van der Waals surface area contributed by atoms with Gasteiger partial charge in [-0.15, -0.1) is 0 Å². The van der Waals surface area contributed by atoms with E-state index in [0.29, 0.717) is 6.61 Å². The molecule has 0 bridgehead atoms. The van der Waals surface area contributed by atoms with Crippen molar-refractivity contribution in [3.8, 4) is 0 Å². The van der Waals surface area contributed by atoms with Crippen LogP contribution in [0.1, 0.15) is 19.0 Å². The van der Waals surface area contributed by atoms with Gasteiger partial charge in [0, 0.05) is 24.7 Å². The van der Waals surface area contributed by atoms with Gasteiger partial charge in [0.15, 0.2) is 0 Å². The second kappa shape index (κ2) is 5.78. The van der Waals surface area contributed by atoms with Crippen LogP contribution in [0.4, 0.5) is 10.1 Å². The number of rotatable bonds is 5. The van der Waals surface area contributed by atoms with E-state index in [2.05, 4.69) is 17.2 Å². The highest BCUT2D eigenvalue weighted by atomic mass is 19.1. The molecule has 3 nitrogen and oxygen atoms in total. The fourth-order valence-corrected chi connectivity index (χ4v) is 1.88. The molecule has 0 spiro atoms. The smallest absolute Gasteiger partial charge is 0.124 e. The molecule has 1 aromatic heterocycles. The van der Waals surface area contributed by atoms with Crippen LogP contribution in [0.2, 0.25) is 0 Å². The Balaban J connectivity index is 2.50. The largest absolute Gasteiger partial charge is 0.384 e. The topological polar surface area (TPSA) is 34.1 Å². The number of aromatic nitrogens is 1. The lowest BCUT2D eigenvalue weighted by atomic mass is 10.1. The predicted molar refractivity (Wildman–Crippen MR) is 71.2 cm³/mol. The van der Waals surface area contributed by atoms with Crippen molar-refractivity contribution < 1.29 is 9.13 Å². The van der Waals surface area contributed by atoms with Crippen molar-refractivity contribution in [2.75, 3.05) is 19.0 Å². The predicted octanol–water partition coefficient (Wildman–Crippen LogP) is 3.34. The second-order valence-electron chi connectivity index (χ2n) is 4.18. The Morgan fingerprint density at radius 2 is 2.17 bits per heavy atom. The highest BCUT2D eigenvalue weighted by Crippen LogP contribution is 2.24. The Labute approximate surface area is 106 Å². The number of ether oxygens (including phenoxy) is 1. The van der Waals surface area contributed by atoms with Crippen LogP contribution in [0.3, 0.4) is 0 Å². The normalized spacial score (nSPS) is 10.8. The SMILES string of the molecule is CCCNc1cc(COC)nc2ccc(F)cc12. The maximum atomic E-state index is 13.3. The number of pyridine rings is 1. The number of halogens is 1. The summed E-state index contributed by atoms with van der Waals surface area (Å²) in [5, 5.41) is 4.11. The molecule has 0 aliphatic heterocycles. The van der Waals surface area contributed by atoms with Crippen LogP contribution in [0, 0.1) is 5.82 Å². The molecule has 2 rings (SSSR count). The number of nitrogens with one attached hydrogen (secondary N) is 1. The van der Waals surface area contributed by atoms with Crippen molar-refractivity contribution in [1.82, 2.24) is 4.98 Å². The van der Waals surface area contributed by atoms with E-state index in [1.165, 1.54) is 12.1 Å². The molecule has 18 heavy (non-hydrogen) atoms. The highest BCUT2D eigenvalue weighted by Gasteiger charge is 2.06. The third-order valence-corrected chi connectivity index (χ3v) is 2.68. The lowest BCUT2D eigenvalue weighted by molar-refractivity contribution is 0.182. The molecule has 0 saturated carbocycles. The van der Waals surface area contributed by atoms with Gasteiger partial charge in [-0.2, -0.15) is 0 Å². The van der Waals surface area contributed by atoms with Crippen molar-refractivity contribution in [2.24, 2.45) is 0 Å². The number of methoxy groups -OCH3 is 1. The summed E-state index contributed by atoms with van der Waals surface area (Å²) in [4.78, 5) is 4.44. The molecule has 0 aliphatic carbocycles. The number of hydrogen-bond acceptors (Lipinski definition) is 3. The lowest BCUT2D eigenvalue weighted by Gasteiger charge is -2.11. The average Bonchev–Trinajstić information content (AvgIpc) is 2.37. The Hall–Kier alpha value is -1.68. The first-order valence-electron chi connectivity index (χ1n) is 6.06. The van der Waals surface area contributed by atoms with Crippen LogP contribution in [0.25, 0.3) is 10.9 Å². The van der Waals surface area contributed by atoms with E-state index >= 15 is 0 Å². The van der Waals surface area contributed by atoms with Gasteiger partial charge in [-0.1, -0.05) is 6.92 Å². The van der Waals surface area contributed by atoms with E-state index in [1.807, 2.05) is 6.07 Å². The van der Waals surface area contributed by atoms with Gasteiger partial charge < -0.3 is 10.1 Å². The van der Waals surface area contributed by atoms with Gasteiger partial charge in [0.25, 0.3) is 0 Å². The van der Waals surface area contributed by atoms with Crippen LogP contribution >= 0.6 is 0 Å². The molecule has 0 aliphatic rings. The van der Waals surface area contributed by atoms with E-state index in [9.17, 15) is 4.39 Å². The summed E-state index contributed by atoms with van der Waals surface area (Å²) in [5.41, 5.74) is 2.54. The third kappa shape index (κ3) is 2.76. The summed E-state index contributed by atoms with van der Waals surface area (Å²) in [6, 6.07) is 6.55. The first-order valence-corrected chi connectivity index (χ1v) is 6.06. The van der Waals surface area contributed by atoms with Gasteiger partial charge in [-0.3, -0.25) is 4.98 Å². The molecule has 1 aromatic carbocycles. The third-order valence-electron chi connectivity index (χ3n) is 2.68.